The van der Waals surface area contributed by atoms with Gasteiger partial charge in [-0.3, -0.25) is 0 Å². The van der Waals surface area contributed by atoms with E-state index in [2.05, 4.69) is 11.8 Å². The molecular formula is C13H19N2NaO2. The summed E-state index contributed by atoms with van der Waals surface area (Å²) in [5.41, 5.74) is 2.49. The predicted octanol–water partition coefficient (Wildman–Crippen LogP) is -1.07. The van der Waals surface area contributed by atoms with Gasteiger partial charge in [0.15, 0.2) is 11.5 Å². The predicted molar refractivity (Wildman–Crippen MR) is 68.3 cm³/mol. The maximum absolute atomic E-state index is 5.28. The summed E-state index contributed by atoms with van der Waals surface area (Å²) in [6.45, 7) is 5.96. The van der Waals surface area contributed by atoms with Crippen molar-refractivity contribution in [2.24, 2.45) is 5.90 Å². The molecule has 0 bridgehead atoms. The van der Waals surface area contributed by atoms with Gasteiger partial charge in [-0.2, -0.15) is 12.3 Å². The second-order valence-electron chi connectivity index (χ2n) is 4.19. The quantitative estimate of drug-likeness (QED) is 0.424. The van der Waals surface area contributed by atoms with Crippen LogP contribution in [0.3, 0.4) is 0 Å². The van der Waals surface area contributed by atoms with Gasteiger partial charge >= 0.3 is 29.6 Å². The van der Waals surface area contributed by atoms with E-state index >= 15 is 0 Å². The molecule has 4 nitrogen and oxygen atoms in total. The van der Waals surface area contributed by atoms with E-state index in [9.17, 15) is 0 Å². The van der Waals surface area contributed by atoms with Gasteiger partial charge in [0.2, 0.25) is 0 Å². The molecule has 0 amide bonds. The Morgan fingerprint density at radius 2 is 2.17 bits per heavy atom. The zero-order valence-electron chi connectivity index (χ0n) is 11.2. The summed E-state index contributed by atoms with van der Waals surface area (Å²) in [6.07, 6.45) is 3.11. The average molecular weight is 258 g/mol. The van der Waals surface area contributed by atoms with Crippen molar-refractivity contribution < 1.29 is 39.1 Å². The summed E-state index contributed by atoms with van der Waals surface area (Å²) in [5, 5.41) is 0. The van der Waals surface area contributed by atoms with Gasteiger partial charge in [0.05, 0.1) is 7.11 Å². The minimum atomic E-state index is 0. The van der Waals surface area contributed by atoms with E-state index in [1.54, 1.807) is 7.11 Å². The minimum Gasteiger partial charge on any atom is -0.493 e. The van der Waals surface area contributed by atoms with Gasteiger partial charge < -0.3 is 21.4 Å². The number of fused-ring (bicyclic) bond motifs is 1. The molecule has 2 rings (SSSR count). The number of nitrogens with zero attached hydrogens (tertiary/aromatic N) is 1. The van der Waals surface area contributed by atoms with Gasteiger partial charge in [-0.15, -0.1) is 0 Å². The summed E-state index contributed by atoms with van der Waals surface area (Å²) in [5.74, 6) is 6.53. The number of hydrogen-bond donors (Lipinski definition) is 1. The summed E-state index contributed by atoms with van der Waals surface area (Å²) < 4.78 is 5.28. The van der Waals surface area contributed by atoms with E-state index < -0.39 is 0 Å². The Bertz CT molecular complexity index is 399. The number of rotatable bonds is 4. The fourth-order valence-electron chi connectivity index (χ4n) is 2.34. The smallest absolute Gasteiger partial charge is 0.493 e. The van der Waals surface area contributed by atoms with Gasteiger partial charge in [0.1, 0.15) is 0 Å². The summed E-state index contributed by atoms with van der Waals surface area (Å²) >= 11 is 0. The van der Waals surface area contributed by atoms with Crippen LogP contribution in [0.25, 0.3) is 0 Å². The molecular weight excluding hydrogens is 239 g/mol. The SMILES string of the molecule is [CH2-]CCN1CCCc2cc(ON)c(OC)cc21.[Na+]. The third-order valence-corrected chi connectivity index (χ3v) is 3.13. The Labute approximate surface area is 131 Å². The molecule has 0 fully saturated rings. The Morgan fingerprint density at radius 3 is 2.78 bits per heavy atom. The normalized spacial score (nSPS) is 13.6. The molecule has 94 valence electrons. The Morgan fingerprint density at radius 1 is 1.39 bits per heavy atom. The van der Waals surface area contributed by atoms with E-state index in [0.717, 1.165) is 32.4 Å². The first kappa shape index (κ1) is 15.6. The van der Waals surface area contributed by atoms with Crippen LogP contribution in [0.2, 0.25) is 0 Å². The van der Waals surface area contributed by atoms with Crippen LogP contribution in [-0.2, 0) is 6.42 Å². The third-order valence-electron chi connectivity index (χ3n) is 3.13. The van der Waals surface area contributed by atoms with Crippen LogP contribution < -0.4 is 49.9 Å². The largest absolute Gasteiger partial charge is 1.00 e. The first-order chi connectivity index (χ1) is 8.30. The maximum atomic E-state index is 5.28. The molecule has 1 heterocycles. The summed E-state index contributed by atoms with van der Waals surface area (Å²) in [7, 11) is 1.62. The summed E-state index contributed by atoms with van der Waals surface area (Å²) in [6, 6.07) is 3.98. The van der Waals surface area contributed by atoms with Crippen LogP contribution in [0.4, 0.5) is 5.69 Å². The molecule has 1 aromatic rings. The van der Waals surface area contributed by atoms with Gasteiger partial charge in [0.25, 0.3) is 0 Å². The van der Waals surface area contributed by atoms with Crippen LogP contribution in [0.1, 0.15) is 18.4 Å². The molecule has 0 aliphatic carbocycles. The van der Waals surface area contributed by atoms with Crippen LogP contribution in [0.5, 0.6) is 11.5 Å². The van der Waals surface area contributed by atoms with Crippen LogP contribution in [0, 0.1) is 6.92 Å². The van der Waals surface area contributed by atoms with Gasteiger partial charge in [-0.1, -0.05) is 0 Å². The molecule has 0 saturated carbocycles. The number of aryl methyl sites for hydroxylation is 1. The number of hydrogen-bond acceptors (Lipinski definition) is 4. The average Bonchev–Trinajstić information content (AvgIpc) is 2.38. The van der Waals surface area contributed by atoms with Crippen molar-refractivity contribution in [2.45, 2.75) is 19.3 Å². The molecule has 1 aromatic carbocycles. The van der Waals surface area contributed by atoms with E-state index in [1.807, 2.05) is 12.1 Å². The van der Waals surface area contributed by atoms with Crippen LogP contribution in [-0.4, -0.2) is 20.2 Å². The van der Waals surface area contributed by atoms with Crippen molar-refractivity contribution in [2.75, 3.05) is 25.1 Å². The van der Waals surface area contributed by atoms with E-state index in [4.69, 9.17) is 15.5 Å². The number of ether oxygens (including phenoxy) is 1. The van der Waals surface area contributed by atoms with E-state index in [1.165, 1.54) is 11.3 Å². The zero-order chi connectivity index (χ0) is 12.3. The van der Waals surface area contributed by atoms with E-state index in [0.29, 0.717) is 11.5 Å². The first-order valence-corrected chi connectivity index (χ1v) is 5.92. The molecule has 0 radical (unpaired) electrons. The van der Waals surface area contributed by atoms with Gasteiger partial charge in [-0.05, 0) is 31.0 Å². The van der Waals surface area contributed by atoms with Gasteiger partial charge in [-0.25, -0.2) is 0 Å². The molecule has 5 heteroatoms. The van der Waals surface area contributed by atoms with Crippen LogP contribution in [0.15, 0.2) is 12.1 Å². The topological polar surface area (TPSA) is 47.7 Å². The summed E-state index contributed by atoms with van der Waals surface area (Å²) in [4.78, 5) is 7.18. The van der Waals surface area contributed by atoms with Crippen molar-refractivity contribution in [3.8, 4) is 11.5 Å². The Balaban J connectivity index is 0.00000162. The van der Waals surface area contributed by atoms with E-state index in [-0.39, 0.29) is 29.6 Å². The molecule has 0 unspecified atom stereocenters. The molecule has 2 N–H and O–H groups in total. The fraction of sp³-hybridized carbons (Fsp3) is 0.462. The Kier molecular flexibility index (Phi) is 6.29. The molecule has 1 aliphatic rings. The van der Waals surface area contributed by atoms with Gasteiger partial charge in [0, 0.05) is 18.3 Å². The number of methoxy groups -OCH3 is 1. The minimum absolute atomic E-state index is 0. The molecule has 0 spiro atoms. The zero-order valence-corrected chi connectivity index (χ0v) is 13.2. The molecule has 0 saturated heterocycles. The first-order valence-electron chi connectivity index (χ1n) is 5.92. The van der Waals surface area contributed by atoms with Crippen molar-refractivity contribution in [1.82, 2.24) is 0 Å². The molecule has 1 aliphatic heterocycles. The Hall–Kier alpha value is -0.420. The second kappa shape index (κ2) is 7.24. The molecule has 0 atom stereocenters. The third kappa shape index (κ3) is 3.12. The molecule has 18 heavy (non-hydrogen) atoms. The number of nitrogens with two attached hydrogens (primary N) is 1. The number of anilines is 1. The van der Waals surface area contributed by atoms with Crippen molar-refractivity contribution >= 4 is 5.69 Å². The van der Waals surface area contributed by atoms with Crippen LogP contribution >= 0.6 is 0 Å². The van der Waals surface area contributed by atoms with Crippen molar-refractivity contribution in [3.63, 3.8) is 0 Å². The fourth-order valence-corrected chi connectivity index (χ4v) is 2.34. The number of benzene rings is 1. The van der Waals surface area contributed by atoms with Crippen molar-refractivity contribution in [1.29, 1.82) is 0 Å². The second-order valence-corrected chi connectivity index (χ2v) is 4.19. The maximum Gasteiger partial charge on any atom is 1.00 e. The van der Waals surface area contributed by atoms with Crippen molar-refractivity contribution in [3.05, 3.63) is 24.6 Å². The monoisotopic (exact) mass is 258 g/mol. The molecule has 0 aromatic heterocycles. The standard InChI is InChI=1S/C13H19N2O2.Na/c1-3-6-15-7-4-5-10-8-13(17-14)12(16-2)9-11(10)15;/h8-9H,1,3-7,14H2,2H3;/q-1;+1.